The molecule has 0 aliphatic carbocycles. The molecule has 1 amide bonds. The van der Waals surface area contributed by atoms with Gasteiger partial charge in [0.15, 0.2) is 0 Å². The second-order valence-electron chi connectivity index (χ2n) is 4.63. The highest BCUT2D eigenvalue weighted by atomic mass is 32.1. The van der Waals surface area contributed by atoms with Crippen LogP contribution in [-0.2, 0) is 4.74 Å². The summed E-state index contributed by atoms with van der Waals surface area (Å²) < 4.78 is 6.55. The summed E-state index contributed by atoms with van der Waals surface area (Å²) in [6, 6.07) is 8.15. The van der Waals surface area contributed by atoms with Gasteiger partial charge in [0.2, 0.25) is 4.96 Å². The van der Waals surface area contributed by atoms with E-state index < -0.39 is 6.09 Å². The van der Waals surface area contributed by atoms with Gasteiger partial charge in [-0.05, 0) is 6.92 Å². The molecule has 0 fully saturated rings. The van der Waals surface area contributed by atoms with Gasteiger partial charge < -0.3 is 4.74 Å². The third-order valence-electron chi connectivity index (χ3n) is 2.98. The number of rotatable bonds is 4. The van der Waals surface area contributed by atoms with Gasteiger partial charge in [0.05, 0.1) is 5.69 Å². The number of fused-ring (bicyclic) bond motifs is 1. The smallest absolute Gasteiger partial charge is 0.414 e. The maximum absolute atomic E-state index is 11.5. The Morgan fingerprint density at radius 1 is 1.45 bits per heavy atom. The van der Waals surface area contributed by atoms with Crippen molar-refractivity contribution in [2.75, 3.05) is 11.9 Å². The Morgan fingerprint density at radius 3 is 2.95 bits per heavy atom. The van der Waals surface area contributed by atoms with E-state index in [1.54, 1.807) is 4.52 Å². The molecule has 1 aromatic carbocycles. The molecule has 1 N–H and O–H groups in total. The Balaban J connectivity index is 1.86. The fraction of sp³-hybridized carbons (Fsp3) is 0.133. The molecule has 3 rings (SSSR count). The molecule has 0 unspecified atom stereocenters. The number of nitrogens with one attached hydrogen (secondary N) is 1. The molecule has 0 saturated heterocycles. The summed E-state index contributed by atoms with van der Waals surface area (Å²) in [4.78, 5) is 16.5. The average molecular weight is 314 g/mol. The maximum Gasteiger partial charge on any atom is 0.414 e. The maximum atomic E-state index is 11.5. The summed E-state index contributed by atoms with van der Waals surface area (Å²) in [7, 11) is 0. The fourth-order valence-corrected chi connectivity index (χ4v) is 2.75. The van der Waals surface area contributed by atoms with E-state index in [2.05, 4.69) is 22.0 Å². The standard InChI is InChI=1S/C15H14N4O2S/c1-3-8-21-15(20)17-13-16-14-19(18-13)12(9-22-14)11-6-4-10(2)5-7-11/h3-7,9H,1,8H2,2H3,(H,17,18,20). The molecule has 2 aromatic heterocycles. The Bertz CT molecular complexity index is 820. The lowest BCUT2D eigenvalue weighted by Gasteiger charge is -2.01. The summed E-state index contributed by atoms with van der Waals surface area (Å²) in [6.07, 6.45) is 0.892. The van der Waals surface area contributed by atoms with E-state index in [0.717, 1.165) is 11.3 Å². The van der Waals surface area contributed by atoms with Crippen LogP contribution in [0.1, 0.15) is 5.56 Å². The molecule has 0 spiro atoms. The summed E-state index contributed by atoms with van der Waals surface area (Å²) in [6.45, 7) is 5.66. The molecule has 112 valence electrons. The molecule has 3 aromatic rings. The van der Waals surface area contributed by atoms with Crippen LogP contribution in [0.25, 0.3) is 16.2 Å². The van der Waals surface area contributed by atoms with Gasteiger partial charge in [0.25, 0.3) is 5.95 Å². The van der Waals surface area contributed by atoms with Gasteiger partial charge in [-0.1, -0.05) is 42.5 Å². The first-order valence-electron chi connectivity index (χ1n) is 6.63. The molecule has 0 bridgehead atoms. The van der Waals surface area contributed by atoms with Crippen LogP contribution in [0.3, 0.4) is 0 Å². The summed E-state index contributed by atoms with van der Waals surface area (Å²) in [5.41, 5.74) is 3.17. The molecule has 0 aliphatic rings. The topological polar surface area (TPSA) is 68.5 Å². The summed E-state index contributed by atoms with van der Waals surface area (Å²) in [5.74, 6) is 0.217. The highest BCUT2D eigenvalue weighted by Crippen LogP contribution is 2.26. The van der Waals surface area contributed by atoms with Crippen LogP contribution in [0.2, 0.25) is 0 Å². The molecule has 0 saturated carbocycles. The number of hydrogen-bond donors (Lipinski definition) is 1. The zero-order valence-corrected chi connectivity index (χ0v) is 12.8. The normalized spacial score (nSPS) is 10.6. The lowest BCUT2D eigenvalue weighted by molar-refractivity contribution is 0.174. The third kappa shape index (κ3) is 2.84. The van der Waals surface area contributed by atoms with Crippen molar-refractivity contribution in [3.63, 3.8) is 0 Å². The number of aryl methyl sites for hydroxylation is 1. The lowest BCUT2D eigenvalue weighted by atomic mass is 10.1. The first-order valence-corrected chi connectivity index (χ1v) is 7.51. The number of amides is 1. The molecular weight excluding hydrogens is 300 g/mol. The van der Waals surface area contributed by atoms with E-state index in [1.165, 1.54) is 23.0 Å². The van der Waals surface area contributed by atoms with Crippen LogP contribution in [-0.4, -0.2) is 27.3 Å². The van der Waals surface area contributed by atoms with Gasteiger partial charge >= 0.3 is 6.09 Å². The molecule has 0 atom stereocenters. The Morgan fingerprint density at radius 2 is 2.23 bits per heavy atom. The number of carbonyl (C=O) groups excluding carboxylic acids is 1. The Kier molecular flexibility index (Phi) is 3.88. The second-order valence-corrected chi connectivity index (χ2v) is 5.47. The van der Waals surface area contributed by atoms with E-state index >= 15 is 0 Å². The van der Waals surface area contributed by atoms with Crippen molar-refractivity contribution in [2.45, 2.75) is 6.92 Å². The number of hydrogen-bond acceptors (Lipinski definition) is 5. The van der Waals surface area contributed by atoms with Crippen molar-refractivity contribution >= 4 is 28.3 Å². The molecule has 0 aliphatic heterocycles. The summed E-state index contributed by atoms with van der Waals surface area (Å²) >= 11 is 1.46. The molecular formula is C15H14N4O2S. The van der Waals surface area contributed by atoms with Crippen LogP contribution in [0.5, 0.6) is 0 Å². The van der Waals surface area contributed by atoms with Gasteiger partial charge in [-0.2, -0.15) is 4.98 Å². The monoisotopic (exact) mass is 314 g/mol. The summed E-state index contributed by atoms with van der Waals surface area (Å²) in [5, 5.41) is 8.78. The number of anilines is 1. The van der Waals surface area contributed by atoms with Crippen molar-refractivity contribution in [2.24, 2.45) is 0 Å². The first kappa shape index (κ1) is 14.3. The predicted octanol–water partition coefficient (Wildman–Crippen LogP) is 3.50. The number of nitrogens with zero attached hydrogens (tertiary/aromatic N) is 3. The van der Waals surface area contributed by atoms with E-state index in [9.17, 15) is 4.79 Å². The highest BCUT2D eigenvalue weighted by molar-refractivity contribution is 7.15. The molecule has 0 radical (unpaired) electrons. The highest BCUT2D eigenvalue weighted by Gasteiger charge is 2.13. The van der Waals surface area contributed by atoms with Crippen molar-refractivity contribution in [3.8, 4) is 11.3 Å². The van der Waals surface area contributed by atoms with E-state index in [-0.39, 0.29) is 12.6 Å². The largest absolute Gasteiger partial charge is 0.445 e. The van der Waals surface area contributed by atoms with Crippen molar-refractivity contribution in [1.29, 1.82) is 0 Å². The molecule has 6 nitrogen and oxygen atoms in total. The SMILES string of the molecule is C=CCOC(=O)Nc1nc2scc(-c3ccc(C)cc3)n2n1. The van der Waals surface area contributed by atoms with E-state index in [0.29, 0.717) is 4.96 Å². The third-order valence-corrected chi connectivity index (χ3v) is 3.79. The average Bonchev–Trinajstić information content (AvgIpc) is 3.06. The van der Waals surface area contributed by atoms with Gasteiger partial charge in [0.1, 0.15) is 6.61 Å². The molecule has 22 heavy (non-hydrogen) atoms. The van der Waals surface area contributed by atoms with Crippen molar-refractivity contribution < 1.29 is 9.53 Å². The quantitative estimate of drug-likeness (QED) is 0.748. The molecule has 2 heterocycles. The van der Waals surface area contributed by atoms with Crippen molar-refractivity contribution in [1.82, 2.24) is 14.6 Å². The fourth-order valence-electron chi connectivity index (χ4n) is 1.92. The number of aromatic nitrogens is 3. The van der Waals surface area contributed by atoms with Crippen LogP contribution >= 0.6 is 11.3 Å². The van der Waals surface area contributed by atoms with E-state index in [1.807, 2.05) is 36.6 Å². The predicted molar refractivity (Wildman–Crippen MR) is 86.2 cm³/mol. The van der Waals surface area contributed by atoms with Crippen LogP contribution in [0.4, 0.5) is 10.7 Å². The van der Waals surface area contributed by atoms with Crippen LogP contribution < -0.4 is 5.32 Å². The number of benzene rings is 1. The zero-order chi connectivity index (χ0) is 15.5. The number of ether oxygens (including phenoxy) is 1. The minimum atomic E-state index is -0.602. The van der Waals surface area contributed by atoms with Gasteiger partial charge in [0, 0.05) is 10.9 Å². The van der Waals surface area contributed by atoms with Crippen LogP contribution in [0.15, 0.2) is 42.3 Å². The van der Waals surface area contributed by atoms with Crippen LogP contribution in [0, 0.1) is 6.92 Å². The number of thiazole rings is 1. The second kappa shape index (κ2) is 5.98. The first-order chi connectivity index (χ1) is 10.7. The van der Waals surface area contributed by atoms with Gasteiger partial charge in [-0.3, -0.25) is 5.32 Å². The minimum Gasteiger partial charge on any atom is -0.445 e. The van der Waals surface area contributed by atoms with Gasteiger partial charge in [-0.25, -0.2) is 9.31 Å². The lowest BCUT2D eigenvalue weighted by Crippen LogP contribution is -2.14. The van der Waals surface area contributed by atoms with Crippen molar-refractivity contribution in [3.05, 3.63) is 47.9 Å². The zero-order valence-electron chi connectivity index (χ0n) is 11.9. The molecule has 7 heteroatoms. The Hall–Kier alpha value is -2.67. The number of carbonyl (C=O) groups is 1. The minimum absolute atomic E-state index is 0.142. The van der Waals surface area contributed by atoms with Gasteiger partial charge in [-0.15, -0.1) is 16.4 Å². The Labute approximate surface area is 131 Å². The van der Waals surface area contributed by atoms with E-state index in [4.69, 9.17) is 4.74 Å².